The minimum absolute atomic E-state index is 0.0929. The molecule has 1 aromatic heterocycles. The average Bonchev–Trinajstić information content (AvgIpc) is 3.19. The summed E-state index contributed by atoms with van der Waals surface area (Å²) >= 11 is 0. The lowest BCUT2D eigenvalue weighted by atomic mass is 9.96. The van der Waals surface area contributed by atoms with Crippen molar-refractivity contribution in [2.75, 3.05) is 20.3 Å². The van der Waals surface area contributed by atoms with Crippen LogP contribution >= 0.6 is 0 Å². The van der Waals surface area contributed by atoms with Crippen LogP contribution in [0.25, 0.3) is 27.7 Å². The molecular weight excluding hydrogens is 390 g/mol. The van der Waals surface area contributed by atoms with Gasteiger partial charge >= 0.3 is 0 Å². The number of carbonyl (C=O) groups is 1. The van der Waals surface area contributed by atoms with Gasteiger partial charge in [0.1, 0.15) is 17.1 Å². The molecule has 1 N–H and O–H groups in total. The zero-order chi connectivity index (χ0) is 22.4. The quantitative estimate of drug-likeness (QED) is 0.333. The molecule has 5 heteroatoms. The highest BCUT2D eigenvalue weighted by Crippen LogP contribution is 2.40. The minimum Gasteiger partial charge on any atom is -0.496 e. The first kappa shape index (κ1) is 22.5. The summed E-state index contributed by atoms with van der Waals surface area (Å²) in [7, 11) is 1.64. The topological polar surface area (TPSA) is 60.7 Å². The Morgan fingerprint density at radius 1 is 1.19 bits per heavy atom. The fourth-order valence-corrected chi connectivity index (χ4v) is 3.71. The molecule has 0 aliphatic heterocycles. The van der Waals surface area contributed by atoms with Crippen LogP contribution < -0.4 is 14.8 Å². The molecule has 0 unspecified atom stereocenters. The van der Waals surface area contributed by atoms with Crippen molar-refractivity contribution in [2.45, 2.75) is 40.5 Å². The number of furan rings is 1. The normalized spacial score (nSPS) is 11.6. The number of hydrogen-bond acceptors (Lipinski definition) is 4. The number of hydrogen-bond donors (Lipinski definition) is 1. The average molecular weight is 422 g/mol. The summed E-state index contributed by atoms with van der Waals surface area (Å²) in [6.45, 7) is 9.29. The third kappa shape index (κ3) is 4.93. The molecule has 0 saturated heterocycles. The first-order chi connectivity index (χ1) is 15.0. The van der Waals surface area contributed by atoms with Gasteiger partial charge in [-0.1, -0.05) is 25.5 Å². The van der Waals surface area contributed by atoms with Crippen molar-refractivity contribution in [3.8, 4) is 22.6 Å². The lowest BCUT2D eigenvalue weighted by molar-refractivity contribution is -0.116. The molecule has 5 nitrogen and oxygen atoms in total. The summed E-state index contributed by atoms with van der Waals surface area (Å²) in [6, 6.07) is 10.0. The summed E-state index contributed by atoms with van der Waals surface area (Å²) in [5.74, 6) is 1.46. The predicted molar refractivity (Wildman–Crippen MR) is 126 cm³/mol. The van der Waals surface area contributed by atoms with Crippen LogP contribution in [0.15, 0.2) is 47.1 Å². The molecule has 0 saturated carbocycles. The van der Waals surface area contributed by atoms with Crippen molar-refractivity contribution < 1.29 is 18.7 Å². The van der Waals surface area contributed by atoms with Crippen molar-refractivity contribution in [3.63, 3.8) is 0 Å². The van der Waals surface area contributed by atoms with Crippen molar-refractivity contribution in [1.82, 2.24) is 5.32 Å². The van der Waals surface area contributed by atoms with Gasteiger partial charge in [0.05, 0.1) is 20.0 Å². The van der Waals surface area contributed by atoms with Crippen LogP contribution in [0, 0.1) is 6.92 Å². The van der Waals surface area contributed by atoms with Crippen molar-refractivity contribution in [1.29, 1.82) is 0 Å². The Kier molecular flexibility index (Phi) is 7.40. The van der Waals surface area contributed by atoms with E-state index in [1.165, 1.54) is 0 Å². The van der Waals surface area contributed by atoms with E-state index in [1.54, 1.807) is 19.4 Å². The van der Waals surface area contributed by atoms with Crippen molar-refractivity contribution >= 4 is 22.4 Å². The van der Waals surface area contributed by atoms with Gasteiger partial charge in [0, 0.05) is 34.7 Å². The lowest BCUT2D eigenvalue weighted by Crippen LogP contribution is -2.22. The molecule has 0 aliphatic rings. The Morgan fingerprint density at radius 3 is 2.58 bits per heavy atom. The predicted octanol–water partition coefficient (Wildman–Crippen LogP) is 6.14. The van der Waals surface area contributed by atoms with Gasteiger partial charge in [0.2, 0.25) is 5.91 Å². The van der Waals surface area contributed by atoms with Gasteiger partial charge < -0.3 is 19.2 Å². The zero-order valence-electron chi connectivity index (χ0n) is 19.0. The third-order valence-electron chi connectivity index (χ3n) is 5.33. The zero-order valence-corrected chi connectivity index (χ0v) is 19.0. The lowest BCUT2D eigenvalue weighted by Gasteiger charge is -2.13. The molecule has 1 heterocycles. The number of carbonyl (C=O) groups excluding carboxylic acids is 1. The molecule has 164 valence electrons. The largest absolute Gasteiger partial charge is 0.496 e. The standard InChI is InChI=1S/C26H31NO4/c1-6-8-13-27-24(28)14-17(3)21-15-22-23(16-31-26(22)18(4)25(21)29-5)19-9-11-20(12-10-19)30-7-2/h9-12,14-16H,6-8,13H2,1-5H3,(H,27,28)/b17-14+. The van der Waals surface area contributed by atoms with E-state index in [0.29, 0.717) is 13.2 Å². The number of methoxy groups -OCH3 is 1. The molecule has 0 atom stereocenters. The SMILES string of the molecule is CCCCNC(=O)/C=C(\C)c1cc2c(-c3ccc(OCC)cc3)coc2c(C)c1OC. The smallest absolute Gasteiger partial charge is 0.244 e. The van der Waals surface area contributed by atoms with E-state index >= 15 is 0 Å². The summed E-state index contributed by atoms with van der Waals surface area (Å²) < 4.78 is 17.2. The molecule has 1 amide bonds. The van der Waals surface area contributed by atoms with E-state index in [9.17, 15) is 4.79 Å². The van der Waals surface area contributed by atoms with E-state index in [-0.39, 0.29) is 5.91 Å². The number of unbranched alkanes of at least 4 members (excludes halogenated alkanes) is 1. The van der Waals surface area contributed by atoms with Gasteiger partial charge in [-0.25, -0.2) is 0 Å². The van der Waals surface area contributed by atoms with Crippen LogP contribution in [0.2, 0.25) is 0 Å². The molecule has 3 aromatic rings. The maximum atomic E-state index is 12.3. The van der Waals surface area contributed by atoms with E-state index in [1.807, 2.05) is 51.1 Å². The van der Waals surface area contributed by atoms with E-state index in [2.05, 4.69) is 12.2 Å². The van der Waals surface area contributed by atoms with Gasteiger partial charge in [0.15, 0.2) is 0 Å². The summed E-state index contributed by atoms with van der Waals surface area (Å²) in [4.78, 5) is 12.3. The van der Waals surface area contributed by atoms with Gasteiger partial charge in [0.25, 0.3) is 0 Å². The molecule has 0 radical (unpaired) electrons. The second-order valence-corrected chi connectivity index (χ2v) is 7.54. The number of benzene rings is 2. The highest BCUT2D eigenvalue weighted by Gasteiger charge is 2.18. The first-order valence-corrected chi connectivity index (χ1v) is 10.8. The van der Waals surface area contributed by atoms with Gasteiger partial charge in [-0.2, -0.15) is 0 Å². The molecular formula is C26H31NO4. The van der Waals surface area contributed by atoms with E-state index in [0.717, 1.165) is 63.1 Å². The monoisotopic (exact) mass is 421 g/mol. The summed E-state index contributed by atoms with van der Waals surface area (Å²) in [6.07, 6.45) is 5.41. The van der Waals surface area contributed by atoms with Gasteiger partial charge in [-0.15, -0.1) is 0 Å². The summed E-state index contributed by atoms with van der Waals surface area (Å²) in [5.41, 5.74) is 5.44. The fraction of sp³-hybridized carbons (Fsp3) is 0.346. The second-order valence-electron chi connectivity index (χ2n) is 7.54. The molecule has 3 rings (SSSR count). The van der Waals surface area contributed by atoms with Crippen LogP contribution in [0.1, 0.15) is 44.7 Å². The number of allylic oxidation sites excluding steroid dienone is 1. The van der Waals surface area contributed by atoms with Crippen LogP contribution in [0.5, 0.6) is 11.5 Å². The Morgan fingerprint density at radius 2 is 1.94 bits per heavy atom. The van der Waals surface area contributed by atoms with Crippen LogP contribution in [0.4, 0.5) is 0 Å². The van der Waals surface area contributed by atoms with Crippen LogP contribution in [-0.2, 0) is 4.79 Å². The van der Waals surface area contributed by atoms with Crippen LogP contribution in [0.3, 0.4) is 0 Å². The molecule has 2 aromatic carbocycles. The van der Waals surface area contributed by atoms with Crippen molar-refractivity contribution in [3.05, 3.63) is 53.8 Å². The molecule has 0 aliphatic carbocycles. The minimum atomic E-state index is -0.0929. The number of rotatable bonds is 9. The first-order valence-electron chi connectivity index (χ1n) is 10.8. The maximum absolute atomic E-state index is 12.3. The van der Waals surface area contributed by atoms with Gasteiger partial charge in [-0.05, 0) is 56.5 Å². The second kappa shape index (κ2) is 10.2. The number of ether oxygens (including phenoxy) is 2. The van der Waals surface area contributed by atoms with Gasteiger partial charge in [-0.3, -0.25) is 4.79 Å². The molecule has 31 heavy (non-hydrogen) atoms. The maximum Gasteiger partial charge on any atom is 0.244 e. The number of amides is 1. The molecule has 0 bridgehead atoms. The third-order valence-corrected chi connectivity index (χ3v) is 5.33. The Labute approximate surface area is 184 Å². The number of aryl methyl sites for hydroxylation is 1. The van der Waals surface area contributed by atoms with E-state index < -0.39 is 0 Å². The Bertz CT molecular complexity index is 1080. The van der Waals surface area contributed by atoms with E-state index in [4.69, 9.17) is 13.9 Å². The number of nitrogens with one attached hydrogen (secondary N) is 1. The Balaban J connectivity index is 2.04. The highest BCUT2D eigenvalue weighted by molar-refractivity contribution is 6.01. The molecule has 0 fully saturated rings. The summed E-state index contributed by atoms with van der Waals surface area (Å²) in [5, 5.41) is 3.92. The number of fused-ring (bicyclic) bond motifs is 1. The Hall–Kier alpha value is -3.21. The fourth-order valence-electron chi connectivity index (χ4n) is 3.71. The highest BCUT2D eigenvalue weighted by atomic mass is 16.5. The molecule has 0 spiro atoms. The van der Waals surface area contributed by atoms with Crippen LogP contribution in [-0.4, -0.2) is 26.2 Å². The van der Waals surface area contributed by atoms with Crippen molar-refractivity contribution in [2.24, 2.45) is 0 Å².